The van der Waals surface area contributed by atoms with Gasteiger partial charge in [0.15, 0.2) is 0 Å². The van der Waals surface area contributed by atoms with Crippen molar-refractivity contribution in [2.75, 3.05) is 13.1 Å². The lowest BCUT2D eigenvalue weighted by Gasteiger charge is -2.25. The van der Waals surface area contributed by atoms with Crippen LogP contribution in [0.25, 0.3) is 0 Å². The molecule has 0 saturated carbocycles. The fraction of sp³-hybridized carbons (Fsp3) is 0.375. The second-order valence-electron chi connectivity index (χ2n) is 6.10. The van der Waals surface area contributed by atoms with Gasteiger partial charge in [0.25, 0.3) is 5.91 Å². The Morgan fingerprint density at radius 3 is 2.75 bits per heavy atom. The number of hydrogen-bond acceptors (Lipinski definition) is 2. The Morgan fingerprint density at radius 2 is 2.10 bits per heavy atom. The molecule has 1 saturated heterocycles. The molecule has 20 heavy (non-hydrogen) atoms. The molecule has 1 N–H and O–H groups in total. The molecule has 1 amide bonds. The van der Waals surface area contributed by atoms with Gasteiger partial charge < -0.3 is 9.88 Å². The summed E-state index contributed by atoms with van der Waals surface area (Å²) < 4.78 is 0. The molecule has 0 spiro atoms. The zero-order valence-electron chi connectivity index (χ0n) is 11.8. The summed E-state index contributed by atoms with van der Waals surface area (Å²) in [5.74, 6) is 0.407. The van der Waals surface area contributed by atoms with E-state index in [1.807, 2.05) is 11.0 Å². The number of nitrogens with one attached hydrogen (secondary N) is 1. The molecule has 1 atom stereocenters. The van der Waals surface area contributed by atoms with Crippen molar-refractivity contribution >= 4 is 5.91 Å². The van der Waals surface area contributed by atoms with Gasteiger partial charge in [-0.25, -0.2) is 4.98 Å². The quantitative estimate of drug-likeness (QED) is 0.911. The summed E-state index contributed by atoms with van der Waals surface area (Å²) in [6.07, 6.45) is 3.13. The minimum Gasteiger partial charge on any atom is -0.341 e. The van der Waals surface area contributed by atoms with Gasteiger partial charge in [-0.2, -0.15) is 0 Å². The molecule has 4 nitrogen and oxygen atoms in total. The summed E-state index contributed by atoms with van der Waals surface area (Å²) in [5, 5.41) is 0. The van der Waals surface area contributed by atoms with E-state index in [9.17, 15) is 4.79 Å². The molecule has 1 aromatic carbocycles. The second-order valence-corrected chi connectivity index (χ2v) is 6.10. The predicted molar refractivity (Wildman–Crippen MR) is 77.5 cm³/mol. The fourth-order valence-corrected chi connectivity index (χ4v) is 3.07. The monoisotopic (exact) mass is 269 g/mol. The zero-order chi connectivity index (χ0) is 14.2. The number of hydrogen-bond donors (Lipinski definition) is 1. The molecule has 2 heterocycles. The van der Waals surface area contributed by atoms with Crippen molar-refractivity contribution in [3.63, 3.8) is 0 Å². The van der Waals surface area contributed by atoms with Crippen LogP contribution in [-0.2, 0) is 0 Å². The first-order chi connectivity index (χ1) is 9.58. The van der Waals surface area contributed by atoms with E-state index < -0.39 is 0 Å². The Labute approximate surface area is 118 Å². The number of aromatic amines is 1. The smallest absolute Gasteiger partial charge is 0.271 e. The van der Waals surface area contributed by atoms with Gasteiger partial charge in [-0.1, -0.05) is 44.2 Å². The zero-order valence-corrected chi connectivity index (χ0v) is 11.8. The summed E-state index contributed by atoms with van der Waals surface area (Å²) in [4.78, 5) is 21.2. The lowest BCUT2D eigenvalue weighted by molar-refractivity contribution is 0.0773. The van der Waals surface area contributed by atoms with Crippen molar-refractivity contribution in [3.8, 4) is 0 Å². The summed E-state index contributed by atoms with van der Waals surface area (Å²) >= 11 is 0. The van der Waals surface area contributed by atoms with E-state index in [0.717, 1.165) is 13.1 Å². The van der Waals surface area contributed by atoms with E-state index in [4.69, 9.17) is 0 Å². The minimum atomic E-state index is 0.0361. The number of imidazole rings is 1. The number of H-pyrrole nitrogens is 1. The molecule has 1 aromatic heterocycles. The van der Waals surface area contributed by atoms with E-state index in [2.05, 4.69) is 48.1 Å². The fourth-order valence-electron chi connectivity index (χ4n) is 3.07. The summed E-state index contributed by atoms with van der Waals surface area (Å²) in [6.45, 7) is 5.98. The average Bonchev–Trinajstić information content (AvgIpc) is 3.06. The highest BCUT2D eigenvalue weighted by molar-refractivity contribution is 5.92. The Hall–Kier alpha value is -2.10. The summed E-state index contributed by atoms with van der Waals surface area (Å²) in [5.41, 5.74) is 1.95. The van der Waals surface area contributed by atoms with Crippen LogP contribution in [0, 0.1) is 5.41 Å². The number of rotatable bonds is 2. The van der Waals surface area contributed by atoms with Crippen LogP contribution in [0.2, 0.25) is 0 Å². The van der Waals surface area contributed by atoms with Crippen LogP contribution in [0.4, 0.5) is 0 Å². The molecule has 1 aliphatic rings. The van der Waals surface area contributed by atoms with Crippen LogP contribution in [0.3, 0.4) is 0 Å². The van der Waals surface area contributed by atoms with Crippen molar-refractivity contribution in [2.24, 2.45) is 5.41 Å². The summed E-state index contributed by atoms with van der Waals surface area (Å²) in [6, 6.07) is 10.4. The molecule has 0 radical (unpaired) electrons. The highest BCUT2D eigenvalue weighted by Crippen LogP contribution is 2.42. The van der Waals surface area contributed by atoms with Crippen molar-refractivity contribution in [2.45, 2.75) is 19.8 Å². The highest BCUT2D eigenvalue weighted by Gasteiger charge is 2.42. The first-order valence-corrected chi connectivity index (χ1v) is 6.90. The maximum atomic E-state index is 12.4. The van der Waals surface area contributed by atoms with Gasteiger partial charge in [-0.3, -0.25) is 4.79 Å². The second kappa shape index (κ2) is 4.78. The number of carbonyl (C=O) groups is 1. The predicted octanol–water partition coefficient (Wildman–Crippen LogP) is 2.68. The molecule has 104 valence electrons. The molecule has 0 aliphatic carbocycles. The SMILES string of the molecule is CC1(C)CN(C(=O)c2cnc[nH]2)C[C@@H]1c1ccccc1. The largest absolute Gasteiger partial charge is 0.341 e. The summed E-state index contributed by atoms with van der Waals surface area (Å²) in [7, 11) is 0. The molecule has 0 bridgehead atoms. The van der Waals surface area contributed by atoms with Gasteiger partial charge >= 0.3 is 0 Å². The molecule has 2 aromatic rings. The van der Waals surface area contributed by atoms with Gasteiger partial charge in [0.2, 0.25) is 0 Å². The Bertz CT molecular complexity index is 589. The van der Waals surface area contributed by atoms with Crippen molar-refractivity contribution in [3.05, 3.63) is 54.1 Å². The molecular weight excluding hydrogens is 250 g/mol. The van der Waals surface area contributed by atoms with E-state index in [-0.39, 0.29) is 11.3 Å². The lowest BCUT2D eigenvalue weighted by Crippen LogP contribution is -2.30. The highest BCUT2D eigenvalue weighted by atomic mass is 16.2. The van der Waals surface area contributed by atoms with Gasteiger partial charge in [0, 0.05) is 19.0 Å². The molecule has 4 heteroatoms. The maximum Gasteiger partial charge on any atom is 0.271 e. The average molecular weight is 269 g/mol. The molecule has 3 rings (SSSR count). The third kappa shape index (κ3) is 2.22. The first kappa shape index (κ1) is 12.9. The van der Waals surface area contributed by atoms with Crippen LogP contribution < -0.4 is 0 Å². The minimum absolute atomic E-state index is 0.0361. The Morgan fingerprint density at radius 1 is 1.35 bits per heavy atom. The molecule has 1 aliphatic heterocycles. The third-order valence-corrected chi connectivity index (χ3v) is 4.16. The number of aromatic nitrogens is 2. The molecule has 1 fully saturated rings. The van der Waals surface area contributed by atoms with Crippen molar-refractivity contribution in [1.82, 2.24) is 14.9 Å². The van der Waals surface area contributed by atoms with Gasteiger partial charge in [0.1, 0.15) is 5.69 Å². The van der Waals surface area contributed by atoms with Gasteiger partial charge in [-0.15, -0.1) is 0 Å². The Balaban J connectivity index is 1.84. The lowest BCUT2D eigenvalue weighted by atomic mass is 9.78. The maximum absolute atomic E-state index is 12.4. The van der Waals surface area contributed by atoms with Gasteiger partial charge in [0.05, 0.1) is 12.5 Å². The normalized spacial score (nSPS) is 21.1. The van der Waals surface area contributed by atoms with Gasteiger partial charge in [-0.05, 0) is 11.0 Å². The van der Waals surface area contributed by atoms with Crippen LogP contribution in [0.1, 0.15) is 35.8 Å². The van der Waals surface area contributed by atoms with Crippen LogP contribution in [0.15, 0.2) is 42.9 Å². The number of nitrogens with zero attached hydrogens (tertiary/aromatic N) is 2. The van der Waals surface area contributed by atoms with E-state index in [0.29, 0.717) is 11.6 Å². The number of amides is 1. The number of likely N-dealkylation sites (tertiary alicyclic amines) is 1. The molecule has 0 unspecified atom stereocenters. The van der Waals surface area contributed by atoms with Crippen LogP contribution >= 0.6 is 0 Å². The van der Waals surface area contributed by atoms with Crippen molar-refractivity contribution in [1.29, 1.82) is 0 Å². The topological polar surface area (TPSA) is 49.0 Å². The third-order valence-electron chi connectivity index (χ3n) is 4.16. The van der Waals surface area contributed by atoms with E-state index >= 15 is 0 Å². The van der Waals surface area contributed by atoms with E-state index in [1.165, 1.54) is 5.56 Å². The standard InChI is InChI=1S/C16H19N3O/c1-16(2)10-19(15(20)14-8-17-11-18-14)9-13(16)12-6-4-3-5-7-12/h3-8,11,13H,9-10H2,1-2H3,(H,17,18)/t13-/m1/s1. The van der Waals surface area contributed by atoms with Crippen LogP contribution in [0.5, 0.6) is 0 Å². The number of benzene rings is 1. The number of carbonyl (C=O) groups excluding carboxylic acids is 1. The van der Waals surface area contributed by atoms with Crippen molar-refractivity contribution < 1.29 is 4.79 Å². The van der Waals surface area contributed by atoms with E-state index in [1.54, 1.807) is 12.5 Å². The molecular formula is C16H19N3O. The first-order valence-electron chi connectivity index (χ1n) is 6.90. The van der Waals surface area contributed by atoms with Crippen LogP contribution in [-0.4, -0.2) is 33.9 Å². The Kier molecular flexibility index (Phi) is 3.08.